The highest BCUT2D eigenvalue weighted by molar-refractivity contribution is 7.95. The van der Waals surface area contributed by atoms with Crippen molar-refractivity contribution in [1.29, 1.82) is 0 Å². The van der Waals surface area contributed by atoms with Crippen LogP contribution in [-0.2, 0) is 22.9 Å². The first-order valence-corrected chi connectivity index (χ1v) is 14.7. The molecule has 0 fully saturated rings. The predicted molar refractivity (Wildman–Crippen MR) is 129 cm³/mol. The Hall–Kier alpha value is -0.990. The molecule has 0 saturated carbocycles. The average molecular weight is 578 g/mol. The molecule has 1 aromatic rings. The molecule has 0 saturated heterocycles. The number of carboxylic acids is 1. The number of aliphatic carboxylic acids is 1. The minimum atomic E-state index is -5.59. The highest BCUT2D eigenvalue weighted by Crippen LogP contribution is 2.57. The maximum absolute atomic E-state index is 12.4. The molecule has 3 unspecified atom stereocenters. The van der Waals surface area contributed by atoms with Crippen LogP contribution in [0.15, 0.2) is 24.5 Å². The second-order valence-electron chi connectivity index (χ2n) is 8.61. The van der Waals surface area contributed by atoms with Crippen molar-refractivity contribution < 1.29 is 57.8 Å². The molecule has 0 spiro atoms. The number of carboxylic acid groups (broad SMARTS) is 1. The lowest BCUT2D eigenvalue weighted by molar-refractivity contribution is -0.153. The monoisotopic (exact) mass is 577 g/mol. The standard InChI is InChI=1S/C18H29NO12P2S2/c1-16(2,11-34)10-17(23,32(25,26)27)15(22)31-35-8-4-6-13(12-5-3-7-19-9-12)18(24,14(20)21)33(28,29)30/h3,5,7,9,13,23-24,34H,4,6,8,10-11H2,1-2H3,(H,20,21)(H2,25,26,27)(H2,28,29,30). The van der Waals surface area contributed by atoms with Gasteiger partial charge in [0.2, 0.25) is 0 Å². The number of carbonyl (C=O) groups excluding carboxylic acids is 1. The number of hydrogen-bond acceptors (Lipinski definition) is 10. The van der Waals surface area contributed by atoms with Crippen LogP contribution in [0.25, 0.3) is 0 Å². The number of rotatable bonds is 14. The molecule has 0 aromatic carbocycles. The maximum Gasteiger partial charge on any atom is 0.369 e. The van der Waals surface area contributed by atoms with E-state index in [1.54, 1.807) is 0 Å². The maximum atomic E-state index is 12.4. The van der Waals surface area contributed by atoms with Crippen molar-refractivity contribution in [1.82, 2.24) is 4.98 Å². The Morgan fingerprint density at radius 1 is 1.17 bits per heavy atom. The molecular weight excluding hydrogens is 548 g/mol. The van der Waals surface area contributed by atoms with Gasteiger partial charge in [0.1, 0.15) is 0 Å². The summed E-state index contributed by atoms with van der Waals surface area (Å²) in [6.45, 7) is 3.06. The van der Waals surface area contributed by atoms with E-state index in [1.165, 1.54) is 32.2 Å². The van der Waals surface area contributed by atoms with Gasteiger partial charge < -0.3 is 39.1 Å². The molecule has 13 nitrogen and oxygen atoms in total. The van der Waals surface area contributed by atoms with Gasteiger partial charge in [0.05, 0.1) is 12.0 Å². The van der Waals surface area contributed by atoms with Crippen LogP contribution >= 0.6 is 39.9 Å². The molecule has 3 atom stereocenters. The van der Waals surface area contributed by atoms with Crippen LogP contribution in [0.5, 0.6) is 0 Å². The van der Waals surface area contributed by atoms with Crippen molar-refractivity contribution in [3.8, 4) is 0 Å². The fourth-order valence-electron chi connectivity index (χ4n) is 3.18. The van der Waals surface area contributed by atoms with Gasteiger partial charge in [0.15, 0.2) is 0 Å². The van der Waals surface area contributed by atoms with Gasteiger partial charge >= 0.3 is 27.1 Å². The molecule has 0 aliphatic carbocycles. The van der Waals surface area contributed by atoms with Crippen LogP contribution in [0.1, 0.15) is 44.6 Å². The third-order valence-electron chi connectivity index (χ3n) is 5.15. The average Bonchev–Trinajstić information content (AvgIpc) is 2.74. The third kappa shape index (κ3) is 7.75. The third-order valence-corrected chi connectivity index (χ3v) is 9.42. The molecule has 0 radical (unpaired) electrons. The summed E-state index contributed by atoms with van der Waals surface area (Å²) in [7, 11) is -11.0. The summed E-state index contributed by atoms with van der Waals surface area (Å²) in [4.78, 5) is 66.0. The summed E-state index contributed by atoms with van der Waals surface area (Å²) in [6.07, 6.45) is 1.46. The van der Waals surface area contributed by atoms with Gasteiger partial charge in [-0.1, -0.05) is 19.9 Å². The molecule has 1 heterocycles. The SMILES string of the molecule is CC(C)(CS)CC(O)(C(=O)OSCCCC(c1cccnc1)C(O)(C(=O)O)P(=O)(O)O)P(=O)(O)O. The first-order valence-electron chi connectivity index (χ1n) is 9.97. The van der Waals surface area contributed by atoms with Crippen molar-refractivity contribution in [2.75, 3.05) is 11.5 Å². The van der Waals surface area contributed by atoms with E-state index in [0.29, 0.717) is 12.0 Å². The summed E-state index contributed by atoms with van der Waals surface area (Å²) in [5, 5.41) is 23.8. The minimum Gasteiger partial charge on any atom is -0.479 e. The van der Waals surface area contributed by atoms with Crippen molar-refractivity contribution in [2.24, 2.45) is 5.41 Å². The quantitative estimate of drug-likeness (QED) is 0.0674. The molecule has 7 N–H and O–H groups in total. The second kappa shape index (κ2) is 12.0. The number of thiol groups is 1. The minimum absolute atomic E-state index is 0.0348. The summed E-state index contributed by atoms with van der Waals surface area (Å²) >= 11 is 4.43. The van der Waals surface area contributed by atoms with E-state index in [1.807, 2.05) is 0 Å². The van der Waals surface area contributed by atoms with Crippen molar-refractivity contribution in [3.63, 3.8) is 0 Å². The van der Waals surface area contributed by atoms with Crippen LogP contribution < -0.4 is 0 Å². The van der Waals surface area contributed by atoms with Gasteiger partial charge in [0, 0.05) is 30.5 Å². The molecule has 200 valence electrons. The van der Waals surface area contributed by atoms with Crippen LogP contribution in [-0.4, -0.2) is 74.0 Å². The highest BCUT2D eigenvalue weighted by Gasteiger charge is 2.59. The normalized spacial score (nSPS) is 17.2. The summed E-state index contributed by atoms with van der Waals surface area (Å²) in [5.41, 5.74) is -0.906. The zero-order chi connectivity index (χ0) is 27.3. The summed E-state index contributed by atoms with van der Waals surface area (Å²) in [6, 6.07) is 2.72. The molecule has 0 amide bonds. The predicted octanol–water partition coefficient (Wildman–Crippen LogP) is 1.30. The number of hydrogen-bond donors (Lipinski definition) is 8. The smallest absolute Gasteiger partial charge is 0.369 e. The van der Waals surface area contributed by atoms with Gasteiger partial charge in [-0.25, -0.2) is 9.59 Å². The van der Waals surface area contributed by atoms with E-state index in [0.717, 1.165) is 6.20 Å². The largest absolute Gasteiger partial charge is 0.479 e. The fraction of sp³-hybridized carbons (Fsp3) is 0.611. The Balaban J connectivity index is 2.97. The van der Waals surface area contributed by atoms with Gasteiger partial charge in [0.25, 0.3) is 10.7 Å². The second-order valence-corrected chi connectivity index (χ2v) is 13.3. The topological polar surface area (TPSA) is 232 Å². The van der Waals surface area contributed by atoms with Crippen LogP contribution in [0.4, 0.5) is 0 Å². The van der Waals surface area contributed by atoms with Crippen LogP contribution in [0.3, 0.4) is 0 Å². The van der Waals surface area contributed by atoms with Gasteiger partial charge in [-0.3, -0.25) is 14.1 Å². The molecule has 17 heteroatoms. The van der Waals surface area contributed by atoms with E-state index in [2.05, 4.69) is 17.6 Å². The van der Waals surface area contributed by atoms with Crippen molar-refractivity contribution in [2.45, 2.75) is 49.7 Å². The molecule has 0 aliphatic rings. The van der Waals surface area contributed by atoms with Crippen LogP contribution in [0, 0.1) is 5.41 Å². The van der Waals surface area contributed by atoms with Gasteiger partial charge in [-0.15, -0.1) is 0 Å². The molecule has 1 aromatic heterocycles. The zero-order valence-corrected chi connectivity index (χ0v) is 22.3. The van der Waals surface area contributed by atoms with E-state index in [9.17, 15) is 53.6 Å². The first-order chi connectivity index (χ1) is 15.8. The molecule has 0 aliphatic heterocycles. The first kappa shape index (κ1) is 32.0. The molecular formula is C18H29NO12P2S2. The van der Waals surface area contributed by atoms with E-state index < -0.39 is 55.6 Å². The zero-order valence-electron chi connectivity index (χ0n) is 18.8. The Morgan fingerprint density at radius 2 is 1.77 bits per heavy atom. The van der Waals surface area contributed by atoms with Gasteiger partial charge in [-0.05, 0) is 35.6 Å². The summed E-state index contributed by atoms with van der Waals surface area (Å²) < 4.78 is 28.5. The number of nitrogens with zero attached hydrogens (tertiary/aromatic N) is 1. The summed E-state index contributed by atoms with van der Waals surface area (Å²) in [5.74, 6) is -5.37. The van der Waals surface area contributed by atoms with E-state index in [-0.39, 0.29) is 29.9 Å². The fourth-order valence-corrected chi connectivity index (χ4v) is 5.82. The van der Waals surface area contributed by atoms with Crippen LogP contribution in [0.2, 0.25) is 0 Å². The molecule has 0 bridgehead atoms. The van der Waals surface area contributed by atoms with E-state index >= 15 is 0 Å². The highest BCUT2D eigenvalue weighted by atomic mass is 32.2. The van der Waals surface area contributed by atoms with Gasteiger partial charge in [-0.2, -0.15) is 12.6 Å². The van der Waals surface area contributed by atoms with Crippen molar-refractivity contribution in [3.05, 3.63) is 30.1 Å². The number of aromatic nitrogens is 1. The van der Waals surface area contributed by atoms with Crippen molar-refractivity contribution >= 4 is 51.8 Å². The Bertz CT molecular complexity index is 985. The van der Waals surface area contributed by atoms with E-state index in [4.69, 9.17) is 4.18 Å². The number of pyridine rings is 1. The lowest BCUT2D eigenvalue weighted by atomic mass is 9.88. The number of carbonyl (C=O) groups is 2. The lowest BCUT2D eigenvalue weighted by Crippen LogP contribution is -2.44. The lowest BCUT2D eigenvalue weighted by Gasteiger charge is -2.33. The molecule has 35 heavy (non-hydrogen) atoms. The molecule has 1 rings (SSSR count). The number of aliphatic hydroxyl groups is 2. The Labute approximate surface area is 211 Å². The Kier molecular flexibility index (Phi) is 11.0. The Morgan fingerprint density at radius 3 is 2.20 bits per heavy atom.